The Kier molecular flexibility index (Phi) is 12.8. The summed E-state index contributed by atoms with van der Waals surface area (Å²) in [4.78, 5) is 35.8. The summed E-state index contributed by atoms with van der Waals surface area (Å²) in [6, 6.07) is 21.8. The van der Waals surface area contributed by atoms with Gasteiger partial charge in [0.25, 0.3) is 0 Å². The predicted molar refractivity (Wildman–Crippen MR) is 165 cm³/mol. The van der Waals surface area contributed by atoms with E-state index in [0.29, 0.717) is 42.0 Å². The average molecular weight is 623 g/mol. The van der Waals surface area contributed by atoms with E-state index in [1.807, 2.05) is 42.5 Å². The number of carboxylic acids is 1. The lowest BCUT2D eigenvalue weighted by atomic mass is 10.0. The number of unbranched alkanes of at least 4 members (excludes halogenated alkanes) is 3. The summed E-state index contributed by atoms with van der Waals surface area (Å²) in [6.07, 6.45) is 2.98. The highest BCUT2D eigenvalue weighted by Crippen LogP contribution is 2.40. The minimum Gasteiger partial charge on any atom is -0.478 e. The molecule has 3 unspecified atom stereocenters. The second-order valence-corrected chi connectivity index (χ2v) is 11.6. The van der Waals surface area contributed by atoms with Gasteiger partial charge in [-0.1, -0.05) is 61.4 Å². The van der Waals surface area contributed by atoms with E-state index in [9.17, 15) is 24.6 Å². The molecule has 0 spiro atoms. The van der Waals surface area contributed by atoms with Crippen LogP contribution in [0.5, 0.6) is 0 Å². The molecule has 0 bridgehead atoms. The number of carbonyl (C=O) groups excluding carboxylic acids is 2. The summed E-state index contributed by atoms with van der Waals surface area (Å²) in [5.74, 6) is -0.949. The van der Waals surface area contributed by atoms with Gasteiger partial charge in [0.15, 0.2) is 6.29 Å². The molecule has 1 saturated heterocycles. The first-order chi connectivity index (χ1) is 21.4. The lowest BCUT2D eigenvalue weighted by Crippen LogP contribution is -2.31. The van der Waals surface area contributed by atoms with Crippen LogP contribution < -0.4 is 10.8 Å². The fourth-order valence-corrected chi connectivity index (χ4v) is 5.97. The zero-order valence-corrected chi connectivity index (χ0v) is 25.1. The summed E-state index contributed by atoms with van der Waals surface area (Å²) < 4.78 is 12.8. The van der Waals surface area contributed by atoms with Gasteiger partial charge in [-0.15, -0.1) is 11.8 Å². The van der Waals surface area contributed by atoms with Gasteiger partial charge < -0.3 is 25.0 Å². The smallest absolute Gasteiger partial charge is 0.336 e. The number of aliphatic hydroxyl groups is 1. The van der Waals surface area contributed by atoms with Crippen molar-refractivity contribution >= 4 is 35.2 Å². The van der Waals surface area contributed by atoms with Crippen LogP contribution in [0, 0.1) is 0 Å². The molecule has 1 aliphatic heterocycles. The summed E-state index contributed by atoms with van der Waals surface area (Å²) in [6.45, 7) is -0.0474. The van der Waals surface area contributed by atoms with Crippen molar-refractivity contribution in [3.8, 4) is 0 Å². The maximum absolute atomic E-state index is 12.4. The molecule has 44 heavy (non-hydrogen) atoms. The van der Waals surface area contributed by atoms with Gasteiger partial charge in [0.2, 0.25) is 11.8 Å². The van der Waals surface area contributed by atoms with Crippen molar-refractivity contribution < 1.29 is 39.3 Å². The van der Waals surface area contributed by atoms with Crippen LogP contribution in [0.2, 0.25) is 0 Å². The number of carboxylic acid groups (broad SMARTS) is 1. The van der Waals surface area contributed by atoms with Gasteiger partial charge in [-0.05, 0) is 48.2 Å². The van der Waals surface area contributed by atoms with Crippen LogP contribution in [0.25, 0.3) is 0 Å². The molecule has 5 N–H and O–H groups in total. The summed E-state index contributed by atoms with van der Waals surface area (Å²) in [5.41, 5.74) is 5.07. The fraction of sp³-hybridized carbons (Fsp3) is 0.364. The highest BCUT2D eigenvalue weighted by Gasteiger charge is 2.32. The lowest BCUT2D eigenvalue weighted by molar-refractivity contribution is -0.245. The van der Waals surface area contributed by atoms with E-state index in [0.717, 1.165) is 29.5 Å². The largest absolute Gasteiger partial charge is 0.478 e. The molecule has 1 heterocycles. The number of hydroxylamine groups is 1. The van der Waals surface area contributed by atoms with Gasteiger partial charge >= 0.3 is 5.97 Å². The van der Waals surface area contributed by atoms with Crippen LogP contribution >= 0.6 is 11.8 Å². The SMILES string of the molecule is O=C(CCCCCCC(=O)Nc1ccc(C2OC(CSc3ccccc3C(=O)O)CC(c3ccc(CO)cc3)O2)cc1)NO. The fourth-order valence-electron chi connectivity index (χ4n) is 4.90. The van der Waals surface area contributed by atoms with Gasteiger partial charge in [0.05, 0.1) is 24.4 Å². The Hall–Kier alpha value is -3.74. The van der Waals surface area contributed by atoms with Gasteiger partial charge in [-0.3, -0.25) is 14.8 Å². The number of thioether (sulfide) groups is 1. The van der Waals surface area contributed by atoms with Crippen LogP contribution in [-0.4, -0.2) is 45.1 Å². The number of anilines is 1. The van der Waals surface area contributed by atoms with Crippen molar-refractivity contribution in [3.63, 3.8) is 0 Å². The summed E-state index contributed by atoms with van der Waals surface area (Å²) in [5, 5.41) is 30.4. The molecule has 3 atom stereocenters. The monoisotopic (exact) mass is 622 g/mol. The Morgan fingerprint density at radius 3 is 2.14 bits per heavy atom. The first kappa shape index (κ1) is 33.2. The normalized spacial score (nSPS) is 18.0. The quantitative estimate of drug-likeness (QED) is 0.0594. The number of aromatic carboxylic acids is 1. The van der Waals surface area contributed by atoms with E-state index in [2.05, 4.69) is 5.32 Å². The second-order valence-electron chi connectivity index (χ2n) is 10.6. The molecule has 2 amide bonds. The summed E-state index contributed by atoms with van der Waals surface area (Å²) >= 11 is 1.43. The van der Waals surface area contributed by atoms with Crippen molar-refractivity contribution in [2.75, 3.05) is 11.1 Å². The third kappa shape index (κ3) is 9.90. The second kappa shape index (κ2) is 16.9. The molecule has 10 nitrogen and oxygen atoms in total. The topological polar surface area (TPSA) is 154 Å². The number of benzene rings is 3. The molecule has 11 heteroatoms. The number of nitrogens with one attached hydrogen (secondary N) is 2. The van der Waals surface area contributed by atoms with Crippen molar-refractivity contribution in [2.24, 2.45) is 0 Å². The molecule has 4 rings (SSSR count). The Morgan fingerprint density at radius 2 is 1.48 bits per heavy atom. The number of aliphatic hydroxyl groups excluding tert-OH is 1. The Labute approximate surface area is 260 Å². The van der Waals surface area contributed by atoms with Crippen LogP contribution in [-0.2, 0) is 25.7 Å². The van der Waals surface area contributed by atoms with Crippen molar-refractivity contribution in [1.82, 2.24) is 5.48 Å². The van der Waals surface area contributed by atoms with Crippen molar-refractivity contribution in [1.29, 1.82) is 0 Å². The van der Waals surface area contributed by atoms with Crippen LogP contribution in [0.15, 0.2) is 77.7 Å². The molecule has 3 aromatic carbocycles. The molecular weight excluding hydrogens is 584 g/mol. The molecule has 0 radical (unpaired) electrons. The predicted octanol–water partition coefficient (Wildman–Crippen LogP) is 6.00. The lowest BCUT2D eigenvalue weighted by Gasteiger charge is -2.36. The van der Waals surface area contributed by atoms with E-state index in [1.165, 1.54) is 11.8 Å². The number of ether oxygens (including phenoxy) is 2. The first-order valence-corrected chi connectivity index (χ1v) is 15.6. The standard InChI is InChI=1S/C33H38N2O8S/c36-20-22-11-13-23(14-12-22)28-19-26(21-44-29-8-6-5-7-27(29)32(39)40)42-33(43-28)24-15-17-25(18-16-24)34-30(37)9-3-1-2-4-10-31(38)35-41/h5-8,11-18,26,28,33,36,41H,1-4,9-10,19-21H2,(H,34,37)(H,35,38)(H,39,40). The van der Waals surface area contributed by atoms with Gasteiger partial charge in [0, 0.05) is 41.2 Å². The number of hydrogen-bond donors (Lipinski definition) is 5. The molecule has 0 aromatic heterocycles. The zero-order chi connectivity index (χ0) is 31.3. The molecule has 3 aromatic rings. The minimum absolute atomic E-state index is 0.0474. The van der Waals surface area contributed by atoms with E-state index in [1.54, 1.807) is 35.8 Å². The number of rotatable bonds is 15. The Morgan fingerprint density at radius 1 is 0.818 bits per heavy atom. The van der Waals surface area contributed by atoms with E-state index in [4.69, 9.17) is 14.7 Å². The highest BCUT2D eigenvalue weighted by molar-refractivity contribution is 7.99. The van der Waals surface area contributed by atoms with Gasteiger partial charge in [0.1, 0.15) is 0 Å². The number of amides is 2. The molecule has 0 aliphatic carbocycles. The molecule has 0 saturated carbocycles. The van der Waals surface area contributed by atoms with Gasteiger partial charge in [-0.25, -0.2) is 10.3 Å². The molecule has 234 valence electrons. The van der Waals surface area contributed by atoms with E-state index < -0.39 is 18.2 Å². The Balaban J connectivity index is 1.37. The molecular formula is C33H38N2O8S. The van der Waals surface area contributed by atoms with Crippen LogP contribution in [0.4, 0.5) is 5.69 Å². The summed E-state index contributed by atoms with van der Waals surface area (Å²) in [7, 11) is 0. The maximum atomic E-state index is 12.4. The highest BCUT2D eigenvalue weighted by atomic mass is 32.2. The molecule has 1 fully saturated rings. The minimum atomic E-state index is -0.974. The number of carbonyl (C=O) groups is 3. The first-order valence-electron chi connectivity index (χ1n) is 14.6. The van der Waals surface area contributed by atoms with E-state index >= 15 is 0 Å². The maximum Gasteiger partial charge on any atom is 0.336 e. The third-order valence-corrected chi connectivity index (χ3v) is 8.51. The average Bonchev–Trinajstić information content (AvgIpc) is 3.05. The van der Waals surface area contributed by atoms with Crippen molar-refractivity contribution in [3.05, 3.63) is 95.1 Å². The Bertz CT molecular complexity index is 1380. The number of hydrogen-bond acceptors (Lipinski definition) is 8. The zero-order valence-electron chi connectivity index (χ0n) is 24.3. The van der Waals surface area contributed by atoms with E-state index in [-0.39, 0.29) is 36.7 Å². The molecule has 1 aliphatic rings. The van der Waals surface area contributed by atoms with Crippen LogP contribution in [0.3, 0.4) is 0 Å². The third-order valence-electron chi connectivity index (χ3n) is 7.31. The van der Waals surface area contributed by atoms with Crippen molar-refractivity contribution in [2.45, 2.75) is 74.9 Å². The van der Waals surface area contributed by atoms with Crippen LogP contribution in [0.1, 0.15) is 84.4 Å². The van der Waals surface area contributed by atoms with Gasteiger partial charge in [-0.2, -0.15) is 0 Å².